The molecular formula is C24H29N3O2. The van der Waals surface area contributed by atoms with E-state index in [0.717, 1.165) is 48.8 Å². The van der Waals surface area contributed by atoms with Gasteiger partial charge in [-0.25, -0.2) is 0 Å². The maximum absolute atomic E-state index is 6.00. The lowest BCUT2D eigenvalue weighted by molar-refractivity contribution is 0.0925. The van der Waals surface area contributed by atoms with E-state index in [4.69, 9.17) is 14.1 Å². The number of benzene rings is 2. The molecule has 4 rings (SSSR count). The lowest BCUT2D eigenvalue weighted by atomic mass is 9.95. The van der Waals surface area contributed by atoms with Crippen molar-refractivity contribution < 1.29 is 9.15 Å². The second kappa shape index (κ2) is 9.14. The molecule has 0 saturated carbocycles. The quantitative estimate of drug-likeness (QED) is 0.467. The summed E-state index contributed by atoms with van der Waals surface area (Å²) in [6, 6.07) is 20.6. The number of nitrogens with zero attached hydrogens (tertiary/aromatic N) is 1. The van der Waals surface area contributed by atoms with Crippen molar-refractivity contribution in [3.8, 4) is 0 Å². The molecule has 1 saturated heterocycles. The van der Waals surface area contributed by atoms with Crippen LogP contribution in [0.5, 0.6) is 0 Å². The molecule has 5 heteroatoms. The van der Waals surface area contributed by atoms with Crippen LogP contribution in [0.1, 0.15) is 43.7 Å². The van der Waals surface area contributed by atoms with Crippen molar-refractivity contribution >= 4 is 16.9 Å². The molecule has 3 aromatic rings. The molecule has 1 aliphatic rings. The summed E-state index contributed by atoms with van der Waals surface area (Å²) < 4.78 is 12.0. The third-order valence-electron chi connectivity index (χ3n) is 5.40. The molecule has 2 aromatic carbocycles. The normalized spacial score (nSPS) is 20.7. The average molecular weight is 392 g/mol. The number of fused-ring (bicyclic) bond motifs is 1. The number of hydrogen-bond donors (Lipinski definition) is 2. The number of guanidine groups is 1. The van der Waals surface area contributed by atoms with Gasteiger partial charge < -0.3 is 19.8 Å². The zero-order valence-corrected chi connectivity index (χ0v) is 17.1. The van der Waals surface area contributed by atoms with Crippen molar-refractivity contribution in [1.82, 2.24) is 10.6 Å². The van der Waals surface area contributed by atoms with Crippen molar-refractivity contribution in [2.75, 3.05) is 19.7 Å². The molecule has 0 spiro atoms. The van der Waals surface area contributed by atoms with Crippen LogP contribution in [0, 0.1) is 5.92 Å². The number of furan rings is 1. The van der Waals surface area contributed by atoms with Crippen LogP contribution < -0.4 is 10.6 Å². The minimum atomic E-state index is 0.0185. The Morgan fingerprint density at radius 1 is 1.14 bits per heavy atom. The summed E-state index contributed by atoms with van der Waals surface area (Å²) in [6.07, 6.45) is 1.15. The number of hydrogen-bond acceptors (Lipinski definition) is 3. The van der Waals surface area contributed by atoms with Gasteiger partial charge in [0.2, 0.25) is 0 Å². The molecule has 0 radical (unpaired) electrons. The molecule has 1 fully saturated rings. The Labute approximate surface area is 172 Å². The Bertz CT molecular complexity index is 918. The number of ether oxygens (including phenoxy) is 1. The van der Waals surface area contributed by atoms with Gasteiger partial charge in [-0.15, -0.1) is 0 Å². The second-order valence-corrected chi connectivity index (χ2v) is 7.52. The smallest absolute Gasteiger partial charge is 0.191 e. The number of nitrogens with one attached hydrogen (secondary N) is 2. The molecule has 152 valence electrons. The van der Waals surface area contributed by atoms with Crippen LogP contribution in [0.15, 0.2) is 70.1 Å². The first-order valence-electron chi connectivity index (χ1n) is 10.4. The van der Waals surface area contributed by atoms with Gasteiger partial charge in [-0.2, -0.15) is 0 Å². The number of rotatable bonds is 6. The van der Waals surface area contributed by atoms with Crippen LogP contribution in [-0.2, 0) is 4.74 Å². The summed E-state index contributed by atoms with van der Waals surface area (Å²) in [6.45, 7) is 6.49. The zero-order chi connectivity index (χ0) is 20.1. The first kappa shape index (κ1) is 19.5. The van der Waals surface area contributed by atoms with Gasteiger partial charge in [-0.1, -0.05) is 48.5 Å². The van der Waals surface area contributed by atoms with E-state index >= 15 is 0 Å². The van der Waals surface area contributed by atoms with E-state index in [2.05, 4.69) is 60.9 Å². The van der Waals surface area contributed by atoms with E-state index in [-0.39, 0.29) is 12.1 Å². The topological polar surface area (TPSA) is 58.8 Å². The van der Waals surface area contributed by atoms with Gasteiger partial charge in [-0.3, -0.25) is 4.99 Å². The van der Waals surface area contributed by atoms with E-state index in [0.29, 0.717) is 5.92 Å². The van der Waals surface area contributed by atoms with Crippen molar-refractivity contribution in [2.45, 2.75) is 32.4 Å². The standard InChI is InChI=1S/C24H29N3O2/c1-3-25-24(27-17(2)22-15-19-11-7-8-12-21(19)29-22)26-16-20-13-14-28-23(20)18-9-5-4-6-10-18/h4-12,15,17,20,23H,3,13-14,16H2,1-2H3,(H2,25,26,27). The van der Waals surface area contributed by atoms with Gasteiger partial charge >= 0.3 is 0 Å². The summed E-state index contributed by atoms with van der Waals surface area (Å²) in [4.78, 5) is 4.86. The highest BCUT2D eigenvalue weighted by Gasteiger charge is 2.29. The Kier molecular flexibility index (Phi) is 6.15. The fourth-order valence-electron chi connectivity index (χ4n) is 3.85. The fourth-order valence-corrected chi connectivity index (χ4v) is 3.85. The minimum absolute atomic E-state index is 0.0185. The first-order valence-corrected chi connectivity index (χ1v) is 10.4. The van der Waals surface area contributed by atoms with Crippen LogP contribution in [0.2, 0.25) is 0 Å². The molecule has 1 aromatic heterocycles. The van der Waals surface area contributed by atoms with Gasteiger partial charge in [-0.05, 0) is 38.0 Å². The van der Waals surface area contributed by atoms with Crippen molar-refractivity contribution in [1.29, 1.82) is 0 Å². The molecule has 1 aliphatic heterocycles. The molecule has 0 aliphatic carbocycles. The fraction of sp³-hybridized carbons (Fsp3) is 0.375. The maximum atomic E-state index is 6.00. The van der Waals surface area contributed by atoms with Crippen LogP contribution in [0.25, 0.3) is 11.0 Å². The van der Waals surface area contributed by atoms with Gasteiger partial charge in [0.25, 0.3) is 0 Å². The van der Waals surface area contributed by atoms with Crippen LogP contribution in [0.3, 0.4) is 0 Å². The summed E-state index contributed by atoms with van der Waals surface area (Å²) in [5.74, 6) is 2.09. The Morgan fingerprint density at radius 3 is 2.72 bits per heavy atom. The highest BCUT2D eigenvalue weighted by molar-refractivity contribution is 5.81. The van der Waals surface area contributed by atoms with E-state index in [1.54, 1.807) is 0 Å². The lowest BCUT2D eigenvalue weighted by Gasteiger charge is -2.19. The molecule has 2 N–H and O–H groups in total. The Hall–Kier alpha value is -2.79. The predicted octanol–water partition coefficient (Wildman–Crippen LogP) is 4.83. The summed E-state index contributed by atoms with van der Waals surface area (Å²) >= 11 is 0. The van der Waals surface area contributed by atoms with E-state index in [1.165, 1.54) is 5.56 Å². The first-order chi connectivity index (χ1) is 14.2. The molecule has 5 nitrogen and oxygen atoms in total. The van der Waals surface area contributed by atoms with Crippen LogP contribution in [0.4, 0.5) is 0 Å². The third-order valence-corrected chi connectivity index (χ3v) is 5.40. The molecule has 29 heavy (non-hydrogen) atoms. The SMILES string of the molecule is CCNC(=NCC1CCOC1c1ccccc1)NC(C)c1cc2ccccc2o1. The lowest BCUT2D eigenvalue weighted by Crippen LogP contribution is -2.39. The second-order valence-electron chi connectivity index (χ2n) is 7.52. The highest BCUT2D eigenvalue weighted by atomic mass is 16.5. The van der Waals surface area contributed by atoms with Crippen molar-refractivity contribution in [3.63, 3.8) is 0 Å². The molecule has 0 amide bonds. The molecule has 3 atom stereocenters. The number of aliphatic imine (C=N–C) groups is 1. The van der Waals surface area contributed by atoms with E-state index in [1.807, 2.05) is 24.3 Å². The predicted molar refractivity (Wildman–Crippen MR) is 117 cm³/mol. The summed E-state index contributed by atoms with van der Waals surface area (Å²) in [5, 5.41) is 7.95. The van der Waals surface area contributed by atoms with Crippen LogP contribution in [-0.4, -0.2) is 25.7 Å². The summed E-state index contributed by atoms with van der Waals surface area (Å²) in [7, 11) is 0. The van der Waals surface area contributed by atoms with Crippen LogP contribution >= 0.6 is 0 Å². The minimum Gasteiger partial charge on any atom is -0.459 e. The van der Waals surface area contributed by atoms with Gasteiger partial charge in [0, 0.05) is 31.0 Å². The Morgan fingerprint density at radius 2 is 1.93 bits per heavy atom. The maximum Gasteiger partial charge on any atom is 0.191 e. The number of para-hydroxylation sites is 1. The van der Waals surface area contributed by atoms with Gasteiger partial charge in [0.15, 0.2) is 5.96 Å². The van der Waals surface area contributed by atoms with Crippen molar-refractivity contribution in [3.05, 3.63) is 72.0 Å². The third kappa shape index (κ3) is 4.62. The monoisotopic (exact) mass is 391 g/mol. The summed E-state index contributed by atoms with van der Waals surface area (Å²) in [5.41, 5.74) is 2.14. The molecule has 0 bridgehead atoms. The molecule has 2 heterocycles. The van der Waals surface area contributed by atoms with Gasteiger partial charge in [0.05, 0.1) is 12.1 Å². The van der Waals surface area contributed by atoms with E-state index < -0.39 is 0 Å². The van der Waals surface area contributed by atoms with Crippen molar-refractivity contribution in [2.24, 2.45) is 10.9 Å². The molecular weight excluding hydrogens is 362 g/mol. The largest absolute Gasteiger partial charge is 0.459 e. The molecule has 3 unspecified atom stereocenters. The van der Waals surface area contributed by atoms with Gasteiger partial charge in [0.1, 0.15) is 11.3 Å². The zero-order valence-electron chi connectivity index (χ0n) is 17.1. The average Bonchev–Trinajstić information content (AvgIpc) is 3.39. The van der Waals surface area contributed by atoms with E-state index in [9.17, 15) is 0 Å². The highest BCUT2D eigenvalue weighted by Crippen LogP contribution is 2.34. The Balaban J connectivity index is 1.44.